The molecule has 34 heavy (non-hydrogen) atoms. The van der Waals surface area contributed by atoms with E-state index in [1.54, 1.807) is 17.2 Å². The van der Waals surface area contributed by atoms with Gasteiger partial charge in [-0.25, -0.2) is 0 Å². The van der Waals surface area contributed by atoms with Crippen molar-refractivity contribution >= 4 is 22.9 Å². The molecular weight excluding hydrogens is 434 g/mol. The monoisotopic (exact) mass is 463 g/mol. The zero-order valence-corrected chi connectivity index (χ0v) is 19.5. The van der Waals surface area contributed by atoms with Crippen LogP contribution >= 0.6 is 0 Å². The molecule has 0 spiro atoms. The molecule has 2 amide bonds. The summed E-state index contributed by atoms with van der Waals surface area (Å²) in [4.78, 5) is 29.4. The van der Waals surface area contributed by atoms with Gasteiger partial charge in [0.15, 0.2) is 17.1 Å². The molecule has 1 saturated carbocycles. The molecule has 8 nitrogen and oxygen atoms in total. The SMILES string of the molecule is C[C@@H]1CCCC[C@@H]1NC(=O)[C@@]1(C)Cn2c(cc3occc32)C(=O)N1Cc1ccc2c(c1)OCO2. The molecule has 3 aliphatic rings. The summed E-state index contributed by atoms with van der Waals surface area (Å²) in [5.41, 5.74) is 1.83. The van der Waals surface area contributed by atoms with Gasteiger partial charge in [-0.15, -0.1) is 0 Å². The first-order valence-electron chi connectivity index (χ1n) is 12.0. The molecule has 0 unspecified atom stereocenters. The molecule has 3 aromatic rings. The molecule has 0 saturated heterocycles. The second kappa shape index (κ2) is 7.82. The van der Waals surface area contributed by atoms with Crippen LogP contribution in [0.2, 0.25) is 0 Å². The number of carbonyl (C=O) groups excluding carboxylic acids is 2. The summed E-state index contributed by atoms with van der Waals surface area (Å²) in [6.07, 6.45) is 6.01. The number of furan rings is 1. The van der Waals surface area contributed by atoms with Gasteiger partial charge in [0.05, 0.1) is 18.3 Å². The third-order valence-corrected chi connectivity index (χ3v) is 7.74. The Morgan fingerprint density at radius 2 is 1.97 bits per heavy atom. The fourth-order valence-electron chi connectivity index (χ4n) is 5.60. The van der Waals surface area contributed by atoms with Gasteiger partial charge in [0.25, 0.3) is 5.91 Å². The fourth-order valence-corrected chi connectivity index (χ4v) is 5.60. The smallest absolute Gasteiger partial charge is 0.271 e. The van der Waals surface area contributed by atoms with E-state index < -0.39 is 5.54 Å². The lowest BCUT2D eigenvalue weighted by molar-refractivity contribution is -0.134. The van der Waals surface area contributed by atoms with Gasteiger partial charge in [0, 0.05) is 24.7 Å². The van der Waals surface area contributed by atoms with Crippen molar-refractivity contribution in [3.63, 3.8) is 0 Å². The minimum atomic E-state index is -1.07. The van der Waals surface area contributed by atoms with Crippen LogP contribution in [0.1, 0.15) is 55.6 Å². The van der Waals surface area contributed by atoms with Gasteiger partial charge in [-0.3, -0.25) is 9.59 Å². The Morgan fingerprint density at radius 1 is 1.15 bits per heavy atom. The first-order valence-corrected chi connectivity index (χ1v) is 12.0. The highest BCUT2D eigenvalue weighted by Crippen LogP contribution is 2.37. The number of benzene rings is 1. The Balaban J connectivity index is 1.37. The number of fused-ring (bicyclic) bond motifs is 4. The zero-order chi connectivity index (χ0) is 23.4. The number of carbonyl (C=O) groups is 2. The van der Waals surface area contributed by atoms with Gasteiger partial charge in [0.2, 0.25) is 12.7 Å². The van der Waals surface area contributed by atoms with Gasteiger partial charge in [-0.1, -0.05) is 25.8 Å². The van der Waals surface area contributed by atoms with Crippen LogP contribution in [0.15, 0.2) is 41.0 Å². The molecular formula is C26H29N3O5. The van der Waals surface area contributed by atoms with E-state index >= 15 is 0 Å². The summed E-state index contributed by atoms with van der Waals surface area (Å²) in [5.74, 6) is 1.46. The predicted molar refractivity (Wildman–Crippen MR) is 125 cm³/mol. The largest absolute Gasteiger partial charge is 0.463 e. The van der Waals surface area contributed by atoms with Crippen LogP contribution in [0, 0.1) is 5.92 Å². The number of hydrogen-bond acceptors (Lipinski definition) is 5. The van der Waals surface area contributed by atoms with Gasteiger partial charge in [-0.05, 0) is 43.4 Å². The van der Waals surface area contributed by atoms with Crippen LogP contribution in [0.25, 0.3) is 11.1 Å². The molecule has 2 aliphatic heterocycles. The van der Waals surface area contributed by atoms with Crippen LogP contribution in [0.4, 0.5) is 0 Å². The third-order valence-electron chi connectivity index (χ3n) is 7.74. The van der Waals surface area contributed by atoms with E-state index in [0.29, 0.717) is 35.2 Å². The number of aromatic nitrogens is 1. The third kappa shape index (κ3) is 3.27. The van der Waals surface area contributed by atoms with E-state index in [9.17, 15) is 9.59 Å². The predicted octanol–water partition coefficient (Wildman–Crippen LogP) is 4.07. The average molecular weight is 464 g/mol. The van der Waals surface area contributed by atoms with Crippen molar-refractivity contribution in [2.45, 2.75) is 64.2 Å². The normalized spacial score (nSPS) is 26.1. The summed E-state index contributed by atoms with van der Waals surface area (Å²) >= 11 is 0. The topological polar surface area (TPSA) is 85.9 Å². The number of nitrogens with one attached hydrogen (secondary N) is 1. The van der Waals surface area contributed by atoms with Crippen molar-refractivity contribution in [1.82, 2.24) is 14.8 Å². The molecule has 1 fully saturated rings. The quantitative estimate of drug-likeness (QED) is 0.630. The highest BCUT2D eigenvalue weighted by molar-refractivity contribution is 6.02. The lowest BCUT2D eigenvalue weighted by atomic mass is 9.85. The molecule has 0 bridgehead atoms. The summed E-state index contributed by atoms with van der Waals surface area (Å²) in [7, 11) is 0. The molecule has 6 rings (SSSR count). The Hall–Kier alpha value is -3.42. The van der Waals surface area contributed by atoms with Gasteiger partial charge >= 0.3 is 0 Å². The number of ether oxygens (including phenoxy) is 2. The van der Waals surface area contributed by atoms with Gasteiger partial charge < -0.3 is 28.7 Å². The fraction of sp³-hybridized carbons (Fsp3) is 0.462. The Morgan fingerprint density at radius 3 is 2.82 bits per heavy atom. The number of amides is 2. The molecule has 3 atom stereocenters. The number of rotatable bonds is 4. The molecule has 1 aliphatic carbocycles. The molecule has 1 aromatic carbocycles. The highest BCUT2D eigenvalue weighted by Gasteiger charge is 2.48. The standard InChI is InChI=1S/C26H29N3O5/c1-16-5-3-4-6-18(16)27-25(31)26(2)14-28-19-9-10-32-22(19)12-20(28)24(30)29(26)13-17-7-8-21-23(11-17)34-15-33-21/h7-12,16,18H,3-6,13-15H2,1-2H3,(H,27,31)/t16-,18+,26-/m1/s1. The average Bonchev–Trinajstić information content (AvgIpc) is 3.55. The van der Waals surface area contributed by atoms with Crippen LogP contribution in [-0.2, 0) is 17.9 Å². The lowest BCUT2D eigenvalue weighted by Crippen LogP contribution is -2.65. The zero-order valence-electron chi connectivity index (χ0n) is 19.5. The van der Waals surface area contributed by atoms with E-state index in [1.807, 2.05) is 35.8 Å². The Bertz CT molecular complexity index is 1280. The molecule has 1 N–H and O–H groups in total. The summed E-state index contributed by atoms with van der Waals surface area (Å²) in [6, 6.07) is 9.40. The minimum absolute atomic E-state index is 0.115. The van der Waals surface area contributed by atoms with Crippen LogP contribution in [0.3, 0.4) is 0 Å². The van der Waals surface area contributed by atoms with Crippen LogP contribution < -0.4 is 14.8 Å². The van der Waals surface area contributed by atoms with E-state index in [2.05, 4.69) is 12.2 Å². The Labute approximate surface area is 197 Å². The van der Waals surface area contributed by atoms with Crippen LogP contribution in [0.5, 0.6) is 11.5 Å². The second-order valence-corrected chi connectivity index (χ2v) is 9.98. The lowest BCUT2D eigenvalue weighted by Gasteiger charge is -2.45. The van der Waals surface area contributed by atoms with Crippen LogP contribution in [-0.4, -0.2) is 39.7 Å². The van der Waals surface area contributed by atoms with E-state index in [1.165, 1.54) is 6.42 Å². The molecule has 4 heterocycles. The summed E-state index contributed by atoms with van der Waals surface area (Å²) < 4.78 is 18.4. The minimum Gasteiger partial charge on any atom is -0.463 e. The number of hydrogen-bond donors (Lipinski definition) is 1. The van der Waals surface area contributed by atoms with E-state index in [4.69, 9.17) is 13.9 Å². The molecule has 2 aromatic heterocycles. The Kier molecular flexibility index (Phi) is 4.86. The van der Waals surface area contributed by atoms with Gasteiger partial charge in [0.1, 0.15) is 11.2 Å². The highest BCUT2D eigenvalue weighted by atomic mass is 16.7. The summed E-state index contributed by atoms with van der Waals surface area (Å²) in [6.45, 7) is 4.89. The molecule has 178 valence electrons. The number of nitrogens with zero attached hydrogens (tertiary/aromatic N) is 2. The maximum absolute atomic E-state index is 13.9. The first-order chi connectivity index (χ1) is 16.4. The van der Waals surface area contributed by atoms with Crippen molar-refractivity contribution in [2.24, 2.45) is 5.92 Å². The van der Waals surface area contributed by atoms with Crippen molar-refractivity contribution in [3.05, 3.63) is 47.9 Å². The maximum atomic E-state index is 13.9. The van der Waals surface area contributed by atoms with Crippen molar-refractivity contribution < 1.29 is 23.5 Å². The van der Waals surface area contributed by atoms with E-state index in [0.717, 1.165) is 30.3 Å². The first kappa shape index (κ1) is 21.1. The van der Waals surface area contributed by atoms with Crippen molar-refractivity contribution in [1.29, 1.82) is 0 Å². The summed E-state index contributed by atoms with van der Waals surface area (Å²) in [5, 5.41) is 3.31. The van der Waals surface area contributed by atoms with Crippen molar-refractivity contribution in [2.75, 3.05) is 6.79 Å². The maximum Gasteiger partial charge on any atom is 0.271 e. The van der Waals surface area contributed by atoms with E-state index in [-0.39, 0.29) is 31.2 Å². The van der Waals surface area contributed by atoms with Gasteiger partial charge in [-0.2, -0.15) is 0 Å². The molecule has 0 radical (unpaired) electrons. The van der Waals surface area contributed by atoms with Crippen molar-refractivity contribution in [3.8, 4) is 11.5 Å². The molecule has 8 heteroatoms. The second-order valence-electron chi connectivity index (χ2n) is 9.98.